The maximum Gasteiger partial charge on any atom is 0.155 e. The van der Waals surface area contributed by atoms with Crippen LogP contribution in [0.3, 0.4) is 0 Å². The minimum atomic E-state index is 0.627. The van der Waals surface area contributed by atoms with Crippen molar-refractivity contribution in [2.45, 2.75) is 20.3 Å². The summed E-state index contributed by atoms with van der Waals surface area (Å²) in [6.45, 7) is 4.67. The van der Waals surface area contributed by atoms with Gasteiger partial charge in [0.05, 0.1) is 5.69 Å². The molecule has 74 valence electrons. The van der Waals surface area contributed by atoms with Crippen LogP contribution in [0.2, 0.25) is 0 Å². The molecule has 0 aromatic carbocycles. The lowest BCUT2D eigenvalue weighted by molar-refractivity contribution is 0.847. The van der Waals surface area contributed by atoms with Gasteiger partial charge >= 0.3 is 0 Å². The number of nitrogens with zero attached hydrogens (tertiary/aromatic N) is 3. The van der Waals surface area contributed by atoms with E-state index >= 15 is 0 Å². The van der Waals surface area contributed by atoms with Crippen molar-refractivity contribution < 1.29 is 0 Å². The lowest BCUT2D eigenvalue weighted by Gasteiger charge is -1.98. The molecule has 2 aromatic rings. The summed E-state index contributed by atoms with van der Waals surface area (Å²) >= 11 is 0. The largest absolute Gasteiger partial charge is 0.330 e. The Morgan fingerprint density at radius 1 is 1.43 bits per heavy atom. The first-order valence-electron chi connectivity index (χ1n) is 4.73. The van der Waals surface area contributed by atoms with Crippen LogP contribution >= 0.6 is 0 Å². The molecule has 0 unspecified atom stereocenters. The molecule has 4 nitrogen and oxygen atoms in total. The van der Waals surface area contributed by atoms with E-state index in [0.29, 0.717) is 6.54 Å². The third-order valence-electron chi connectivity index (χ3n) is 2.34. The van der Waals surface area contributed by atoms with E-state index in [2.05, 4.69) is 10.1 Å². The Balaban J connectivity index is 2.54. The van der Waals surface area contributed by atoms with Crippen molar-refractivity contribution in [1.82, 2.24) is 14.6 Å². The monoisotopic (exact) mass is 190 g/mol. The number of nitrogens with two attached hydrogens (primary N) is 1. The van der Waals surface area contributed by atoms with Crippen LogP contribution in [-0.2, 0) is 6.42 Å². The number of aromatic nitrogens is 3. The fraction of sp³-hybridized carbons (Fsp3) is 0.400. The summed E-state index contributed by atoms with van der Waals surface area (Å²) in [5.74, 6) is 0. The van der Waals surface area contributed by atoms with E-state index in [9.17, 15) is 0 Å². The van der Waals surface area contributed by atoms with Gasteiger partial charge in [0.15, 0.2) is 5.65 Å². The maximum absolute atomic E-state index is 5.47. The minimum Gasteiger partial charge on any atom is -0.330 e. The first-order valence-corrected chi connectivity index (χ1v) is 4.73. The van der Waals surface area contributed by atoms with Gasteiger partial charge in [-0.05, 0) is 26.0 Å². The second-order valence-corrected chi connectivity index (χ2v) is 3.49. The summed E-state index contributed by atoms with van der Waals surface area (Å²) in [7, 11) is 0. The van der Waals surface area contributed by atoms with Crippen LogP contribution in [0.25, 0.3) is 5.65 Å². The Kier molecular flexibility index (Phi) is 2.21. The zero-order valence-corrected chi connectivity index (χ0v) is 8.49. The Labute approximate surface area is 82.8 Å². The van der Waals surface area contributed by atoms with Gasteiger partial charge in [-0.1, -0.05) is 0 Å². The molecule has 0 fully saturated rings. The number of hydrogen-bond donors (Lipinski definition) is 1. The summed E-state index contributed by atoms with van der Waals surface area (Å²) in [5, 5.41) is 4.38. The van der Waals surface area contributed by atoms with Crippen LogP contribution < -0.4 is 5.73 Å². The summed E-state index contributed by atoms with van der Waals surface area (Å²) in [6.07, 6.45) is 2.80. The first-order chi connectivity index (χ1) is 6.70. The zero-order chi connectivity index (χ0) is 10.1. The third kappa shape index (κ3) is 1.48. The highest BCUT2D eigenvalue weighted by Gasteiger charge is 2.03. The Hall–Kier alpha value is -1.42. The van der Waals surface area contributed by atoms with E-state index in [0.717, 1.165) is 29.0 Å². The summed E-state index contributed by atoms with van der Waals surface area (Å²) in [6, 6.07) is 1.99. The minimum absolute atomic E-state index is 0.627. The molecule has 2 heterocycles. The van der Waals surface area contributed by atoms with Gasteiger partial charge < -0.3 is 5.73 Å². The van der Waals surface area contributed by atoms with Crippen molar-refractivity contribution in [3.63, 3.8) is 0 Å². The Morgan fingerprint density at radius 3 is 2.93 bits per heavy atom. The van der Waals surface area contributed by atoms with Crippen molar-refractivity contribution in [2.24, 2.45) is 5.73 Å². The van der Waals surface area contributed by atoms with Crippen LogP contribution in [0.5, 0.6) is 0 Å². The van der Waals surface area contributed by atoms with Gasteiger partial charge in [0.25, 0.3) is 0 Å². The third-order valence-corrected chi connectivity index (χ3v) is 2.34. The van der Waals surface area contributed by atoms with Gasteiger partial charge in [-0.25, -0.2) is 9.50 Å². The average Bonchev–Trinajstić information content (AvgIpc) is 2.48. The molecule has 0 atom stereocenters. The number of hydrogen-bond acceptors (Lipinski definition) is 3. The standard InChI is InChI=1S/C10H14N4/c1-7-6-14-10(12-8(7)2)5-9(13-14)3-4-11/h5-6H,3-4,11H2,1-2H3. The van der Waals surface area contributed by atoms with Crippen LogP contribution in [-0.4, -0.2) is 21.1 Å². The van der Waals surface area contributed by atoms with E-state index < -0.39 is 0 Å². The van der Waals surface area contributed by atoms with Crippen molar-refractivity contribution in [3.05, 3.63) is 29.2 Å². The lowest BCUT2D eigenvalue weighted by Crippen LogP contribution is -2.03. The van der Waals surface area contributed by atoms with E-state index in [1.165, 1.54) is 0 Å². The number of rotatable bonds is 2. The van der Waals surface area contributed by atoms with Crippen LogP contribution in [0.1, 0.15) is 17.0 Å². The van der Waals surface area contributed by atoms with Crippen molar-refractivity contribution >= 4 is 5.65 Å². The molecule has 2 N–H and O–H groups in total. The average molecular weight is 190 g/mol. The molecule has 0 aliphatic rings. The normalized spacial score (nSPS) is 11.1. The molecule has 0 saturated carbocycles. The van der Waals surface area contributed by atoms with Gasteiger partial charge in [0.2, 0.25) is 0 Å². The molecule has 0 saturated heterocycles. The quantitative estimate of drug-likeness (QED) is 0.763. The summed E-state index contributed by atoms with van der Waals surface area (Å²) in [5.41, 5.74) is 9.58. The predicted octanol–water partition coefficient (Wildman–Crippen LogP) is 0.847. The van der Waals surface area contributed by atoms with Crippen molar-refractivity contribution in [3.8, 4) is 0 Å². The number of fused-ring (bicyclic) bond motifs is 1. The first kappa shape index (κ1) is 9.15. The molecule has 0 bridgehead atoms. The smallest absolute Gasteiger partial charge is 0.155 e. The summed E-state index contributed by atoms with van der Waals surface area (Å²) < 4.78 is 1.81. The number of aryl methyl sites for hydroxylation is 2. The second kappa shape index (κ2) is 3.38. The predicted molar refractivity (Wildman–Crippen MR) is 55.2 cm³/mol. The van der Waals surface area contributed by atoms with Gasteiger partial charge in [0.1, 0.15) is 0 Å². The molecular formula is C10H14N4. The highest BCUT2D eigenvalue weighted by atomic mass is 15.2. The van der Waals surface area contributed by atoms with E-state index in [4.69, 9.17) is 5.73 Å². The molecule has 2 rings (SSSR count). The Bertz CT molecular complexity index is 419. The zero-order valence-electron chi connectivity index (χ0n) is 8.49. The molecular weight excluding hydrogens is 176 g/mol. The van der Waals surface area contributed by atoms with Gasteiger partial charge in [-0.15, -0.1) is 0 Å². The molecule has 0 aliphatic carbocycles. The second-order valence-electron chi connectivity index (χ2n) is 3.49. The topological polar surface area (TPSA) is 56.2 Å². The van der Waals surface area contributed by atoms with Crippen molar-refractivity contribution in [2.75, 3.05) is 6.54 Å². The molecule has 4 heteroatoms. The molecule has 0 radical (unpaired) electrons. The maximum atomic E-state index is 5.47. The van der Waals surface area contributed by atoms with Crippen LogP contribution in [0.4, 0.5) is 0 Å². The molecule has 0 spiro atoms. The molecule has 0 aliphatic heterocycles. The highest BCUT2D eigenvalue weighted by molar-refractivity contribution is 5.41. The van der Waals surface area contributed by atoms with E-state index in [1.807, 2.05) is 30.6 Å². The summed E-state index contributed by atoms with van der Waals surface area (Å²) in [4.78, 5) is 4.44. The van der Waals surface area contributed by atoms with Crippen LogP contribution in [0, 0.1) is 13.8 Å². The van der Waals surface area contributed by atoms with Gasteiger partial charge in [-0.2, -0.15) is 5.10 Å². The molecule has 0 amide bonds. The highest BCUT2D eigenvalue weighted by Crippen LogP contribution is 2.08. The van der Waals surface area contributed by atoms with E-state index in [1.54, 1.807) is 0 Å². The van der Waals surface area contributed by atoms with Gasteiger partial charge in [0, 0.05) is 24.4 Å². The molecule has 2 aromatic heterocycles. The Morgan fingerprint density at radius 2 is 2.21 bits per heavy atom. The van der Waals surface area contributed by atoms with E-state index in [-0.39, 0.29) is 0 Å². The SMILES string of the molecule is Cc1cn2nc(CCN)cc2nc1C. The fourth-order valence-electron chi connectivity index (χ4n) is 1.42. The van der Waals surface area contributed by atoms with Crippen LogP contribution in [0.15, 0.2) is 12.3 Å². The molecule has 14 heavy (non-hydrogen) atoms. The fourth-order valence-corrected chi connectivity index (χ4v) is 1.42. The van der Waals surface area contributed by atoms with Crippen molar-refractivity contribution in [1.29, 1.82) is 0 Å². The lowest BCUT2D eigenvalue weighted by atomic mass is 10.3. The van der Waals surface area contributed by atoms with Gasteiger partial charge in [-0.3, -0.25) is 0 Å².